The molecule has 1 aromatic heterocycles. The van der Waals surface area contributed by atoms with Crippen LogP contribution in [0.4, 0.5) is 24.5 Å². The lowest BCUT2D eigenvalue weighted by Crippen LogP contribution is -2.30. The number of rotatable bonds is 8. The monoisotopic (exact) mass is 483 g/mol. The minimum absolute atomic E-state index is 0.0541. The number of alkyl halides is 3. The summed E-state index contributed by atoms with van der Waals surface area (Å²) in [5, 5.41) is 2.59. The lowest BCUT2D eigenvalue weighted by molar-refractivity contribution is -0.115. The molecule has 0 bridgehead atoms. The highest BCUT2D eigenvalue weighted by Gasteiger charge is 2.46. The van der Waals surface area contributed by atoms with Gasteiger partial charge in [-0.2, -0.15) is 21.6 Å². The molecule has 33 heavy (non-hydrogen) atoms. The zero-order chi connectivity index (χ0) is 24.2. The van der Waals surface area contributed by atoms with Crippen molar-refractivity contribution in [2.75, 3.05) is 16.6 Å². The Labute approximate surface area is 187 Å². The van der Waals surface area contributed by atoms with E-state index in [1.165, 1.54) is 16.9 Å². The number of oxazole rings is 1. The van der Waals surface area contributed by atoms with E-state index in [0.717, 1.165) is 11.6 Å². The van der Waals surface area contributed by atoms with Crippen LogP contribution in [-0.2, 0) is 21.2 Å². The summed E-state index contributed by atoms with van der Waals surface area (Å²) >= 11 is 0. The third kappa shape index (κ3) is 5.83. The molecule has 0 saturated heterocycles. The van der Waals surface area contributed by atoms with Crippen LogP contribution < -0.4 is 14.8 Å². The van der Waals surface area contributed by atoms with E-state index >= 15 is 0 Å². The molecule has 0 atom stereocenters. The highest BCUT2D eigenvalue weighted by Crippen LogP contribution is 2.33. The van der Waals surface area contributed by atoms with Crippen LogP contribution in [0.25, 0.3) is 11.5 Å². The van der Waals surface area contributed by atoms with E-state index in [1.54, 1.807) is 13.8 Å². The first-order chi connectivity index (χ1) is 15.5. The van der Waals surface area contributed by atoms with Crippen LogP contribution in [0.15, 0.2) is 52.9 Å². The van der Waals surface area contributed by atoms with Gasteiger partial charge in [0.2, 0.25) is 11.8 Å². The number of benzene rings is 2. The second-order valence-corrected chi connectivity index (χ2v) is 8.48. The third-order valence-corrected chi connectivity index (χ3v) is 5.45. The van der Waals surface area contributed by atoms with Gasteiger partial charge in [-0.05, 0) is 38.1 Å². The molecule has 1 amide bonds. The highest BCUT2D eigenvalue weighted by molar-refractivity contribution is 7.93. The average molecular weight is 483 g/mol. The third-order valence-electron chi connectivity index (χ3n) is 4.36. The number of hydrogen-bond donors (Lipinski definition) is 2. The molecule has 1 heterocycles. The van der Waals surface area contributed by atoms with E-state index in [-0.39, 0.29) is 24.5 Å². The van der Waals surface area contributed by atoms with Crippen molar-refractivity contribution >= 4 is 27.3 Å². The van der Waals surface area contributed by atoms with E-state index in [9.17, 15) is 26.4 Å². The molecule has 0 spiro atoms. The minimum Gasteiger partial charge on any atom is -0.492 e. The maximum atomic E-state index is 12.7. The van der Waals surface area contributed by atoms with Crippen molar-refractivity contribution in [2.24, 2.45) is 0 Å². The fourth-order valence-electron chi connectivity index (χ4n) is 2.82. The molecule has 3 aromatic rings. The van der Waals surface area contributed by atoms with Gasteiger partial charge >= 0.3 is 15.5 Å². The Morgan fingerprint density at radius 2 is 1.85 bits per heavy atom. The fourth-order valence-corrected chi connectivity index (χ4v) is 3.39. The van der Waals surface area contributed by atoms with Crippen LogP contribution in [0.2, 0.25) is 0 Å². The number of amides is 1. The van der Waals surface area contributed by atoms with Crippen LogP contribution in [0.3, 0.4) is 0 Å². The second kappa shape index (κ2) is 9.53. The highest BCUT2D eigenvalue weighted by atomic mass is 32.2. The number of hydrogen-bond acceptors (Lipinski definition) is 6. The van der Waals surface area contributed by atoms with Crippen molar-refractivity contribution in [3.8, 4) is 17.2 Å². The van der Waals surface area contributed by atoms with Crippen molar-refractivity contribution in [1.82, 2.24) is 4.98 Å². The lowest BCUT2D eigenvalue weighted by atomic mass is 10.2. The molecular formula is C21H20F3N3O5S. The van der Waals surface area contributed by atoms with Crippen molar-refractivity contribution in [1.29, 1.82) is 0 Å². The normalized spacial score (nSPS) is 11.8. The maximum absolute atomic E-state index is 12.7. The number of anilines is 2. The van der Waals surface area contributed by atoms with Gasteiger partial charge in [-0.25, -0.2) is 4.98 Å². The molecule has 0 radical (unpaired) electrons. The number of carbonyl (C=O) groups excluding carboxylic acids is 1. The zero-order valence-corrected chi connectivity index (χ0v) is 18.4. The summed E-state index contributed by atoms with van der Waals surface area (Å²) in [6.07, 6.45) is -0.116. The number of ether oxygens (including phenoxy) is 1. The van der Waals surface area contributed by atoms with E-state index < -0.39 is 27.1 Å². The van der Waals surface area contributed by atoms with Gasteiger partial charge in [0, 0.05) is 17.3 Å². The Morgan fingerprint density at radius 3 is 2.48 bits per heavy atom. The average Bonchev–Trinajstić information content (AvgIpc) is 3.10. The van der Waals surface area contributed by atoms with Crippen LogP contribution in [-0.4, -0.2) is 31.4 Å². The number of nitrogens with zero attached hydrogens (tertiary/aromatic N) is 1. The number of aryl methyl sites for hydroxylation is 1. The van der Waals surface area contributed by atoms with Gasteiger partial charge in [0.1, 0.15) is 11.5 Å². The largest absolute Gasteiger partial charge is 0.516 e. The Kier molecular flexibility index (Phi) is 6.96. The lowest BCUT2D eigenvalue weighted by Gasteiger charge is -2.15. The summed E-state index contributed by atoms with van der Waals surface area (Å²) in [7, 11) is -5.63. The Hall–Kier alpha value is -3.54. The summed E-state index contributed by atoms with van der Waals surface area (Å²) in [6.45, 7) is 3.31. The maximum Gasteiger partial charge on any atom is 0.516 e. The van der Waals surface area contributed by atoms with Crippen molar-refractivity contribution < 1.29 is 35.5 Å². The quantitative estimate of drug-likeness (QED) is 0.489. The predicted octanol–water partition coefficient (Wildman–Crippen LogP) is 4.49. The molecule has 2 N–H and O–H groups in total. The first-order valence-corrected chi connectivity index (χ1v) is 11.2. The van der Waals surface area contributed by atoms with Crippen molar-refractivity contribution in [3.05, 3.63) is 60.0 Å². The van der Waals surface area contributed by atoms with Gasteiger partial charge in [0.15, 0.2) is 0 Å². The minimum atomic E-state index is -5.63. The standard InChI is InChI=1S/C21H20F3N3O5S/c1-3-31-18-11-15(9-10-16(18)27-33(29,30)21(22,23)24)25-19(28)12-17-13(2)32-20(26-17)14-7-5-4-6-8-14/h4-11,27H,3,12H2,1-2H3,(H,25,28). The summed E-state index contributed by atoms with van der Waals surface area (Å²) < 4.78 is 73.1. The fraction of sp³-hybridized carbons (Fsp3) is 0.238. The van der Waals surface area contributed by atoms with Gasteiger partial charge in [-0.3, -0.25) is 9.52 Å². The number of halogens is 3. The summed E-state index contributed by atoms with van der Waals surface area (Å²) in [6, 6.07) is 12.7. The second-order valence-electron chi connectivity index (χ2n) is 6.81. The number of aromatic nitrogens is 1. The Morgan fingerprint density at radius 1 is 1.15 bits per heavy atom. The van der Waals surface area contributed by atoms with Crippen molar-refractivity contribution in [2.45, 2.75) is 25.8 Å². The number of nitrogens with one attached hydrogen (secondary N) is 2. The predicted molar refractivity (Wildman–Crippen MR) is 115 cm³/mol. The topological polar surface area (TPSA) is 111 Å². The summed E-state index contributed by atoms with van der Waals surface area (Å²) in [5.74, 6) is 0.205. The molecule has 2 aromatic carbocycles. The molecular weight excluding hydrogens is 463 g/mol. The van der Waals surface area contributed by atoms with Gasteiger partial charge in [-0.1, -0.05) is 18.2 Å². The molecule has 0 aliphatic heterocycles. The van der Waals surface area contributed by atoms with Gasteiger partial charge in [0.05, 0.1) is 24.4 Å². The molecule has 3 rings (SSSR count). The molecule has 12 heteroatoms. The first kappa shape index (κ1) is 24.1. The molecule has 0 fully saturated rings. The molecule has 8 nitrogen and oxygen atoms in total. The first-order valence-electron chi connectivity index (χ1n) is 9.67. The molecule has 0 saturated carbocycles. The van der Waals surface area contributed by atoms with E-state index in [0.29, 0.717) is 17.3 Å². The number of carbonyl (C=O) groups is 1. The van der Waals surface area contributed by atoms with Gasteiger partial charge < -0.3 is 14.5 Å². The van der Waals surface area contributed by atoms with Crippen LogP contribution in [0.5, 0.6) is 5.75 Å². The Balaban J connectivity index is 1.75. The summed E-state index contributed by atoms with van der Waals surface area (Å²) in [5.41, 5.74) is -4.52. The van der Waals surface area contributed by atoms with Crippen LogP contribution in [0, 0.1) is 6.92 Å². The Bertz CT molecular complexity index is 1240. The van der Waals surface area contributed by atoms with E-state index in [4.69, 9.17) is 9.15 Å². The summed E-state index contributed by atoms with van der Waals surface area (Å²) in [4.78, 5) is 16.9. The molecule has 176 valence electrons. The number of sulfonamides is 1. The van der Waals surface area contributed by atoms with Crippen LogP contribution in [0.1, 0.15) is 18.4 Å². The SMILES string of the molecule is CCOc1cc(NC(=O)Cc2nc(-c3ccccc3)oc2C)ccc1NS(=O)(=O)C(F)(F)F. The van der Waals surface area contributed by atoms with Gasteiger partial charge in [-0.15, -0.1) is 0 Å². The molecule has 0 aliphatic rings. The molecule has 0 aliphatic carbocycles. The van der Waals surface area contributed by atoms with Gasteiger partial charge in [0.25, 0.3) is 0 Å². The van der Waals surface area contributed by atoms with E-state index in [1.807, 2.05) is 30.3 Å². The van der Waals surface area contributed by atoms with E-state index in [2.05, 4.69) is 10.3 Å². The zero-order valence-electron chi connectivity index (χ0n) is 17.6. The smallest absolute Gasteiger partial charge is 0.492 e. The molecule has 0 unspecified atom stereocenters. The van der Waals surface area contributed by atoms with Crippen LogP contribution >= 0.6 is 0 Å². The van der Waals surface area contributed by atoms with Crippen molar-refractivity contribution in [3.63, 3.8) is 0 Å².